The Morgan fingerprint density at radius 1 is 1.30 bits per heavy atom. The van der Waals surface area contributed by atoms with E-state index in [2.05, 4.69) is 20.5 Å². The molecule has 1 fully saturated rings. The molecule has 1 aromatic carbocycles. The van der Waals surface area contributed by atoms with Gasteiger partial charge in [0.1, 0.15) is 11.6 Å². The van der Waals surface area contributed by atoms with Gasteiger partial charge in [-0.25, -0.2) is 4.98 Å². The molecule has 3 rings (SSSR count). The molecule has 27 heavy (non-hydrogen) atoms. The Morgan fingerprint density at radius 2 is 2.07 bits per heavy atom. The number of imidazole rings is 1. The maximum atomic E-state index is 12.9. The van der Waals surface area contributed by atoms with Crippen LogP contribution in [-0.4, -0.2) is 33.5 Å². The van der Waals surface area contributed by atoms with E-state index < -0.39 is 0 Å². The van der Waals surface area contributed by atoms with Crippen molar-refractivity contribution >= 4 is 5.91 Å². The molecule has 0 N–H and O–H groups in total. The average molecular weight is 370 g/mol. The summed E-state index contributed by atoms with van der Waals surface area (Å²) in [5.41, 5.74) is 1.16. The predicted molar refractivity (Wildman–Crippen MR) is 107 cm³/mol. The van der Waals surface area contributed by atoms with Gasteiger partial charge in [-0.1, -0.05) is 45.2 Å². The minimum absolute atomic E-state index is 0.00808. The first kappa shape index (κ1) is 19.5. The first-order chi connectivity index (χ1) is 13.1. The van der Waals surface area contributed by atoms with Crippen LogP contribution >= 0.6 is 0 Å². The third-order valence-electron chi connectivity index (χ3n) is 5.39. The summed E-state index contributed by atoms with van der Waals surface area (Å²) < 4.78 is 7.47. The largest absolute Gasteiger partial charge is 0.497 e. The summed E-state index contributed by atoms with van der Waals surface area (Å²) in [6.45, 7) is 5.28. The fraction of sp³-hybridized carbons (Fsp3) is 0.545. The second-order valence-corrected chi connectivity index (χ2v) is 7.74. The fourth-order valence-electron chi connectivity index (χ4n) is 3.87. The Hall–Kier alpha value is -2.30. The lowest BCUT2D eigenvalue weighted by molar-refractivity contribution is -0.138. The summed E-state index contributed by atoms with van der Waals surface area (Å²) in [7, 11) is 1.68. The van der Waals surface area contributed by atoms with Gasteiger partial charge in [0.2, 0.25) is 5.91 Å². The highest BCUT2D eigenvalue weighted by Crippen LogP contribution is 2.25. The van der Waals surface area contributed by atoms with E-state index >= 15 is 0 Å². The molecule has 1 aliphatic rings. The first-order valence-corrected chi connectivity index (χ1v) is 10.0. The lowest BCUT2D eigenvalue weighted by Crippen LogP contribution is -2.43. The molecule has 1 aliphatic carbocycles. The van der Waals surface area contributed by atoms with E-state index in [4.69, 9.17) is 4.74 Å². The van der Waals surface area contributed by atoms with Crippen molar-refractivity contribution in [2.75, 3.05) is 7.11 Å². The number of rotatable bonds is 7. The minimum Gasteiger partial charge on any atom is -0.497 e. The van der Waals surface area contributed by atoms with Gasteiger partial charge >= 0.3 is 0 Å². The summed E-state index contributed by atoms with van der Waals surface area (Å²) in [4.78, 5) is 19.5. The van der Waals surface area contributed by atoms with E-state index in [1.807, 2.05) is 44.4 Å². The molecule has 0 unspecified atom stereocenters. The molecule has 1 aromatic heterocycles. The van der Waals surface area contributed by atoms with Crippen molar-refractivity contribution in [3.05, 3.63) is 48.0 Å². The van der Waals surface area contributed by atoms with Gasteiger partial charge in [0, 0.05) is 30.9 Å². The normalized spacial score (nSPS) is 15.1. The molecule has 0 saturated heterocycles. The quantitative estimate of drug-likeness (QED) is 0.733. The van der Waals surface area contributed by atoms with Crippen LogP contribution in [0.25, 0.3) is 0 Å². The molecule has 0 atom stereocenters. The van der Waals surface area contributed by atoms with Crippen LogP contribution in [-0.2, 0) is 17.9 Å². The Balaban J connectivity index is 1.78. The van der Waals surface area contributed by atoms with Crippen molar-refractivity contribution in [3.63, 3.8) is 0 Å². The molecule has 0 radical (unpaired) electrons. The lowest BCUT2D eigenvalue weighted by atomic mass is 9.93. The number of nitrogens with zero attached hydrogens (tertiary/aromatic N) is 3. The molecule has 0 spiro atoms. The van der Waals surface area contributed by atoms with E-state index in [0.29, 0.717) is 12.6 Å². The summed E-state index contributed by atoms with van der Waals surface area (Å²) in [6, 6.07) is 8.42. The van der Waals surface area contributed by atoms with Crippen molar-refractivity contribution in [3.8, 4) is 5.75 Å². The first-order valence-electron chi connectivity index (χ1n) is 10.0. The highest BCUT2D eigenvalue weighted by molar-refractivity contribution is 5.78. The zero-order valence-corrected chi connectivity index (χ0v) is 16.7. The molecule has 146 valence electrons. The standard InChI is InChI=1S/C22H31N3O2/c1-17(2)22(26)25(19-9-5-4-6-10-19)16-21-23-12-13-24(21)15-18-8-7-11-20(14-18)27-3/h7-8,11-14,17,19H,4-6,9-10,15-16H2,1-3H3. The van der Waals surface area contributed by atoms with Gasteiger partial charge in [-0.3, -0.25) is 4.79 Å². The molecule has 5 heteroatoms. The Morgan fingerprint density at radius 3 is 2.78 bits per heavy atom. The molecular formula is C22H31N3O2. The van der Waals surface area contributed by atoms with Gasteiger partial charge < -0.3 is 14.2 Å². The van der Waals surface area contributed by atoms with E-state index in [9.17, 15) is 4.79 Å². The number of aromatic nitrogens is 2. The zero-order chi connectivity index (χ0) is 19.2. The van der Waals surface area contributed by atoms with E-state index in [-0.39, 0.29) is 11.8 Å². The zero-order valence-electron chi connectivity index (χ0n) is 16.7. The Kier molecular flexibility index (Phi) is 6.54. The number of methoxy groups -OCH3 is 1. The lowest BCUT2D eigenvalue weighted by Gasteiger charge is -2.35. The molecule has 2 aromatic rings. The topological polar surface area (TPSA) is 47.4 Å². The smallest absolute Gasteiger partial charge is 0.225 e. The number of ether oxygens (including phenoxy) is 1. The average Bonchev–Trinajstić information content (AvgIpc) is 3.13. The van der Waals surface area contributed by atoms with Gasteiger partial charge in [-0.2, -0.15) is 0 Å². The van der Waals surface area contributed by atoms with E-state index in [0.717, 1.165) is 36.5 Å². The maximum Gasteiger partial charge on any atom is 0.225 e. The number of amides is 1. The van der Waals surface area contributed by atoms with E-state index in [1.54, 1.807) is 7.11 Å². The summed E-state index contributed by atoms with van der Waals surface area (Å²) in [6.07, 6.45) is 9.74. The second-order valence-electron chi connectivity index (χ2n) is 7.74. The maximum absolute atomic E-state index is 12.9. The number of carbonyl (C=O) groups is 1. The molecule has 5 nitrogen and oxygen atoms in total. The minimum atomic E-state index is 0.00808. The second kappa shape index (κ2) is 9.07. The van der Waals surface area contributed by atoms with Gasteiger partial charge in [0.25, 0.3) is 0 Å². The highest BCUT2D eigenvalue weighted by Gasteiger charge is 2.28. The van der Waals surface area contributed by atoms with Crippen LogP contribution in [0.4, 0.5) is 0 Å². The van der Waals surface area contributed by atoms with Gasteiger partial charge in [-0.15, -0.1) is 0 Å². The van der Waals surface area contributed by atoms with Crippen LogP contribution < -0.4 is 4.74 Å². The van der Waals surface area contributed by atoms with Crippen molar-refractivity contribution in [1.29, 1.82) is 0 Å². The van der Waals surface area contributed by atoms with Crippen LogP contribution in [0.3, 0.4) is 0 Å². The summed E-state index contributed by atoms with van der Waals surface area (Å²) in [5.74, 6) is 2.04. The Bertz CT molecular complexity index is 748. The van der Waals surface area contributed by atoms with Crippen molar-refractivity contribution in [1.82, 2.24) is 14.5 Å². The van der Waals surface area contributed by atoms with E-state index in [1.165, 1.54) is 19.3 Å². The number of carbonyl (C=O) groups excluding carboxylic acids is 1. The summed E-state index contributed by atoms with van der Waals surface area (Å²) in [5, 5.41) is 0. The number of hydrogen-bond acceptors (Lipinski definition) is 3. The molecule has 1 amide bonds. The number of benzene rings is 1. The predicted octanol–water partition coefficient (Wildman–Crippen LogP) is 4.26. The molecule has 1 heterocycles. The monoisotopic (exact) mass is 369 g/mol. The highest BCUT2D eigenvalue weighted by atomic mass is 16.5. The third-order valence-corrected chi connectivity index (χ3v) is 5.39. The summed E-state index contributed by atoms with van der Waals surface area (Å²) >= 11 is 0. The molecule has 1 saturated carbocycles. The van der Waals surface area contributed by atoms with Gasteiger partial charge in [0.15, 0.2) is 0 Å². The van der Waals surface area contributed by atoms with Crippen molar-refractivity contribution in [2.24, 2.45) is 5.92 Å². The SMILES string of the molecule is COc1cccc(Cn2ccnc2CN(C(=O)C(C)C)C2CCCCC2)c1. The Labute approximate surface area is 162 Å². The fourth-order valence-corrected chi connectivity index (χ4v) is 3.87. The van der Waals surface area contributed by atoms with Crippen LogP contribution in [0.15, 0.2) is 36.7 Å². The van der Waals surface area contributed by atoms with Crippen LogP contribution in [0.2, 0.25) is 0 Å². The molecule has 0 aliphatic heterocycles. The number of hydrogen-bond donors (Lipinski definition) is 0. The molecule has 0 bridgehead atoms. The van der Waals surface area contributed by atoms with Crippen molar-refractivity contribution in [2.45, 2.75) is 65.1 Å². The van der Waals surface area contributed by atoms with Gasteiger partial charge in [0.05, 0.1) is 13.7 Å². The molecular weight excluding hydrogens is 338 g/mol. The van der Waals surface area contributed by atoms with Crippen LogP contribution in [0.5, 0.6) is 5.75 Å². The third kappa shape index (κ3) is 4.90. The van der Waals surface area contributed by atoms with Crippen LogP contribution in [0, 0.1) is 5.92 Å². The van der Waals surface area contributed by atoms with Gasteiger partial charge in [-0.05, 0) is 30.5 Å². The van der Waals surface area contributed by atoms with Crippen molar-refractivity contribution < 1.29 is 9.53 Å². The van der Waals surface area contributed by atoms with Crippen LogP contribution in [0.1, 0.15) is 57.3 Å².